The fourth-order valence-electron chi connectivity index (χ4n) is 1.99. The van der Waals surface area contributed by atoms with Crippen LogP contribution in [0.4, 0.5) is 0 Å². The van der Waals surface area contributed by atoms with Crippen LogP contribution in [0.25, 0.3) is 0 Å². The second kappa shape index (κ2) is 5.42. The standard InChI is InChI=1S/C12H21N3O2S/c1-3-15(9-10-4-5-10)18(16,17)12-6-11(7-13-2)14-8-12/h6,8,10,13-14H,3-5,7,9H2,1-2H3. The molecule has 6 heteroatoms. The third-order valence-corrected chi connectivity index (χ3v) is 5.15. The topological polar surface area (TPSA) is 65.2 Å². The first-order chi connectivity index (χ1) is 8.57. The van der Waals surface area contributed by atoms with Gasteiger partial charge < -0.3 is 10.3 Å². The third kappa shape index (κ3) is 2.93. The highest BCUT2D eigenvalue weighted by molar-refractivity contribution is 7.89. The van der Waals surface area contributed by atoms with Crippen LogP contribution in [-0.2, 0) is 16.6 Å². The van der Waals surface area contributed by atoms with Crippen molar-refractivity contribution in [1.82, 2.24) is 14.6 Å². The van der Waals surface area contributed by atoms with Gasteiger partial charge in [-0.05, 0) is 31.9 Å². The minimum Gasteiger partial charge on any atom is -0.363 e. The van der Waals surface area contributed by atoms with Crippen molar-refractivity contribution in [2.45, 2.75) is 31.2 Å². The van der Waals surface area contributed by atoms with Gasteiger partial charge in [0.2, 0.25) is 10.0 Å². The van der Waals surface area contributed by atoms with E-state index in [9.17, 15) is 8.42 Å². The van der Waals surface area contributed by atoms with Crippen LogP contribution in [0.15, 0.2) is 17.2 Å². The van der Waals surface area contributed by atoms with E-state index in [1.165, 1.54) is 0 Å². The maximum Gasteiger partial charge on any atom is 0.244 e. The molecule has 1 fully saturated rings. The van der Waals surface area contributed by atoms with E-state index in [0.717, 1.165) is 18.5 Å². The maximum atomic E-state index is 12.4. The van der Waals surface area contributed by atoms with Crippen molar-refractivity contribution in [3.05, 3.63) is 18.0 Å². The van der Waals surface area contributed by atoms with E-state index in [-0.39, 0.29) is 0 Å². The number of nitrogens with zero attached hydrogens (tertiary/aromatic N) is 1. The van der Waals surface area contributed by atoms with E-state index in [2.05, 4.69) is 10.3 Å². The number of hydrogen-bond donors (Lipinski definition) is 2. The lowest BCUT2D eigenvalue weighted by atomic mass is 10.4. The first-order valence-electron chi connectivity index (χ1n) is 6.40. The molecular weight excluding hydrogens is 250 g/mol. The molecule has 0 aromatic carbocycles. The smallest absolute Gasteiger partial charge is 0.244 e. The molecule has 1 saturated carbocycles. The van der Waals surface area contributed by atoms with Gasteiger partial charge in [-0.1, -0.05) is 6.92 Å². The van der Waals surface area contributed by atoms with Crippen molar-refractivity contribution in [1.29, 1.82) is 0 Å². The van der Waals surface area contributed by atoms with Gasteiger partial charge in [-0.15, -0.1) is 0 Å². The number of rotatable bonds is 7. The van der Waals surface area contributed by atoms with Gasteiger partial charge in [0, 0.05) is 31.5 Å². The highest BCUT2D eigenvalue weighted by Crippen LogP contribution is 2.31. The van der Waals surface area contributed by atoms with E-state index in [1.807, 2.05) is 14.0 Å². The molecule has 1 heterocycles. The molecule has 1 aliphatic carbocycles. The summed E-state index contributed by atoms with van der Waals surface area (Å²) in [6, 6.07) is 1.71. The molecule has 0 radical (unpaired) electrons. The quantitative estimate of drug-likeness (QED) is 0.782. The largest absolute Gasteiger partial charge is 0.363 e. The van der Waals surface area contributed by atoms with Crippen molar-refractivity contribution in [3.8, 4) is 0 Å². The summed E-state index contributed by atoms with van der Waals surface area (Å²) >= 11 is 0. The normalized spacial score (nSPS) is 16.4. The molecule has 0 unspecified atom stereocenters. The predicted octanol–water partition coefficient (Wildman–Crippen LogP) is 1.15. The molecule has 0 atom stereocenters. The predicted molar refractivity (Wildman–Crippen MR) is 70.7 cm³/mol. The fraction of sp³-hybridized carbons (Fsp3) is 0.667. The minimum atomic E-state index is -3.33. The van der Waals surface area contributed by atoms with E-state index < -0.39 is 10.0 Å². The van der Waals surface area contributed by atoms with Crippen LogP contribution in [0, 0.1) is 5.92 Å². The number of H-pyrrole nitrogens is 1. The zero-order valence-corrected chi connectivity index (χ0v) is 11.8. The molecule has 1 aromatic heterocycles. The average Bonchev–Trinajstić information content (AvgIpc) is 3.03. The van der Waals surface area contributed by atoms with Crippen molar-refractivity contribution >= 4 is 10.0 Å². The Morgan fingerprint density at radius 3 is 2.78 bits per heavy atom. The Bertz CT molecular complexity index is 491. The molecule has 5 nitrogen and oxygen atoms in total. The van der Waals surface area contributed by atoms with Gasteiger partial charge in [0.25, 0.3) is 0 Å². The van der Waals surface area contributed by atoms with Crippen LogP contribution in [0.5, 0.6) is 0 Å². The molecule has 102 valence electrons. The number of sulfonamides is 1. The van der Waals surface area contributed by atoms with E-state index >= 15 is 0 Å². The third-order valence-electron chi connectivity index (χ3n) is 3.23. The average molecular weight is 271 g/mol. The van der Waals surface area contributed by atoms with Gasteiger partial charge in [-0.3, -0.25) is 0 Å². The Morgan fingerprint density at radius 2 is 2.22 bits per heavy atom. The zero-order valence-electron chi connectivity index (χ0n) is 10.9. The van der Waals surface area contributed by atoms with Crippen LogP contribution in [-0.4, -0.2) is 37.8 Å². The minimum absolute atomic E-state index is 0.371. The molecule has 18 heavy (non-hydrogen) atoms. The van der Waals surface area contributed by atoms with E-state index in [0.29, 0.717) is 30.4 Å². The second-order valence-corrected chi connectivity index (χ2v) is 6.73. The van der Waals surface area contributed by atoms with Crippen molar-refractivity contribution in [3.63, 3.8) is 0 Å². The number of nitrogens with one attached hydrogen (secondary N) is 2. The van der Waals surface area contributed by atoms with Gasteiger partial charge in [-0.25, -0.2) is 8.42 Å². The Labute approximate surface area is 109 Å². The van der Waals surface area contributed by atoms with Gasteiger partial charge in [0.05, 0.1) is 4.90 Å². The monoisotopic (exact) mass is 271 g/mol. The molecule has 1 aromatic rings. The highest BCUT2D eigenvalue weighted by Gasteiger charge is 2.31. The molecular formula is C12H21N3O2S. The van der Waals surface area contributed by atoms with Gasteiger partial charge in [-0.2, -0.15) is 4.31 Å². The van der Waals surface area contributed by atoms with Crippen molar-refractivity contribution in [2.24, 2.45) is 5.92 Å². The van der Waals surface area contributed by atoms with Crippen LogP contribution >= 0.6 is 0 Å². The van der Waals surface area contributed by atoms with E-state index in [4.69, 9.17) is 0 Å². The van der Waals surface area contributed by atoms with Crippen molar-refractivity contribution < 1.29 is 8.42 Å². The van der Waals surface area contributed by atoms with Crippen LogP contribution < -0.4 is 5.32 Å². The summed E-state index contributed by atoms with van der Waals surface area (Å²) in [6.07, 6.45) is 3.89. The van der Waals surface area contributed by atoms with E-state index in [1.54, 1.807) is 16.6 Å². The first-order valence-corrected chi connectivity index (χ1v) is 7.84. The lowest BCUT2D eigenvalue weighted by Crippen LogP contribution is -2.32. The lowest BCUT2D eigenvalue weighted by Gasteiger charge is -2.19. The summed E-state index contributed by atoms with van der Waals surface area (Å²) in [5.74, 6) is 0.565. The number of aromatic nitrogens is 1. The zero-order chi connectivity index (χ0) is 13.2. The van der Waals surface area contributed by atoms with Gasteiger partial charge >= 0.3 is 0 Å². The molecule has 2 rings (SSSR count). The van der Waals surface area contributed by atoms with Crippen LogP contribution in [0.1, 0.15) is 25.5 Å². The van der Waals surface area contributed by atoms with Gasteiger partial charge in [0.15, 0.2) is 0 Å². The molecule has 1 aliphatic rings. The summed E-state index contributed by atoms with van der Waals surface area (Å²) < 4.78 is 26.4. The summed E-state index contributed by atoms with van der Waals surface area (Å²) in [6.45, 7) is 3.72. The summed E-state index contributed by atoms with van der Waals surface area (Å²) in [5.41, 5.74) is 0.888. The van der Waals surface area contributed by atoms with Gasteiger partial charge in [0.1, 0.15) is 0 Å². The molecule has 0 spiro atoms. The lowest BCUT2D eigenvalue weighted by molar-refractivity contribution is 0.412. The Hall–Kier alpha value is -0.850. The number of hydrogen-bond acceptors (Lipinski definition) is 3. The van der Waals surface area contributed by atoms with Crippen LogP contribution in [0.2, 0.25) is 0 Å². The van der Waals surface area contributed by atoms with Crippen molar-refractivity contribution in [2.75, 3.05) is 20.1 Å². The molecule has 0 bridgehead atoms. The molecule has 0 aliphatic heterocycles. The van der Waals surface area contributed by atoms with Crippen LogP contribution in [0.3, 0.4) is 0 Å². The first kappa shape index (κ1) is 13.6. The Balaban J connectivity index is 2.15. The Morgan fingerprint density at radius 1 is 1.50 bits per heavy atom. The SMILES string of the molecule is CCN(CC1CC1)S(=O)(=O)c1c[nH]c(CNC)c1. The fourth-order valence-corrected chi connectivity index (χ4v) is 3.54. The summed E-state index contributed by atoms with van der Waals surface area (Å²) in [7, 11) is -1.50. The number of aromatic amines is 1. The summed E-state index contributed by atoms with van der Waals surface area (Å²) in [4.78, 5) is 3.36. The molecule has 0 amide bonds. The maximum absolute atomic E-state index is 12.4. The molecule has 2 N–H and O–H groups in total. The second-order valence-electron chi connectivity index (χ2n) is 4.79. The Kier molecular flexibility index (Phi) is 4.09. The summed E-state index contributed by atoms with van der Waals surface area (Å²) in [5, 5.41) is 2.99. The molecule has 0 saturated heterocycles. The highest BCUT2D eigenvalue weighted by atomic mass is 32.2.